The molecule has 0 bridgehead atoms. The monoisotopic (exact) mass is 193 g/mol. The van der Waals surface area contributed by atoms with E-state index in [2.05, 4.69) is 21.0 Å². The van der Waals surface area contributed by atoms with E-state index in [0.29, 0.717) is 0 Å². The highest BCUT2D eigenvalue weighted by molar-refractivity contribution is 4.92. The van der Waals surface area contributed by atoms with Crippen LogP contribution in [0.15, 0.2) is 0 Å². The number of piperazine rings is 1. The summed E-state index contributed by atoms with van der Waals surface area (Å²) >= 11 is 0. The molecule has 0 atom stereocenters. The highest BCUT2D eigenvalue weighted by Gasteiger charge is 2.31. The molecular weight excluding hydrogens is 174 g/mol. The fraction of sp³-hybridized carbons (Fsp3) is 0.818. The first-order valence-electron chi connectivity index (χ1n) is 5.51. The summed E-state index contributed by atoms with van der Waals surface area (Å²) in [6.07, 6.45) is 6.13. The lowest BCUT2D eigenvalue weighted by atomic mass is 10.1. The molecule has 3 nitrogen and oxygen atoms in total. The summed E-state index contributed by atoms with van der Waals surface area (Å²) in [4.78, 5) is 5.05. The normalized spacial score (nSPS) is 25.6. The van der Waals surface area contributed by atoms with Crippen molar-refractivity contribution in [1.29, 1.82) is 0 Å². The first kappa shape index (κ1) is 9.97. The Balaban J connectivity index is 1.64. The number of rotatable bonds is 3. The third kappa shape index (κ3) is 2.27. The van der Waals surface area contributed by atoms with E-state index in [9.17, 15) is 0 Å². The van der Waals surface area contributed by atoms with Gasteiger partial charge in [-0.05, 0) is 0 Å². The van der Waals surface area contributed by atoms with Crippen LogP contribution >= 0.6 is 0 Å². The average Bonchev–Trinajstić information content (AvgIpc) is 2.17. The van der Waals surface area contributed by atoms with Crippen LogP contribution < -0.4 is 5.32 Å². The van der Waals surface area contributed by atoms with Crippen LogP contribution in [-0.2, 0) is 0 Å². The minimum atomic E-state index is 0.801. The summed E-state index contributed by atoms with van der Waals surface area (Å²) < 4.78 is 0. The second kappa shape index (κ2) is 4.79. The van der Waals surface area contributed by atoms with E-state index >= 15 is 0 Å². The minimum absolute atomic E-state index is 0.801. The molecule has 1 N–H and O–H groups in total. The van der Waals surface area contributed by atoms with Gasteiger partial charge >= 0.3 is 0 Å². The lowest BCUT2D eigenvalue weighted by molar-refractivity contribution is 0.0289. The molecular formula is C11H19N3. The first-order chi connectivity index (χ1) is 6.90. The van der Waals surface area contributed by atoms with Gasteiger partial charge in [0, 0.05) is 58.3 Å². The van der Waals surface area contributed by atoms with E-state index in [1.54, 1.807) is 0 Å². The van der Waals surface area contributed by atoms with Crippen LogP contribution in [0.2, 0.25) is 0 Å². The van der Waals surface area contributed by atoms with Gasteiger partial charge in [-0.3, -0.25) is 9.80 Å². The molecule has 0 spiro atoms. The predicted molar refractivity (Wildman–Crippen MR) is 58.1 cm³/mol. The summed E-state index contributed by atoms with van der Waals surface area (Å²) in [7, 11) is 0. The second-order valence-electron chi connectivity index (χ2n) is 4.15. The van der Waals surface area contributed by atoms with Gasteiger partial charge in [-0.2, -0.15) is 0 Å². The average molecular weight is 193 g/mol. The molecule has 3 heteroatoms. The Bertz CT molecular complexity index is 209. The van der Waals surface area contributed by atoms with Crippen molar-refractivity contribution >= 4 is 0 Å². The van der Waals surface area contributed by atoms with E-state index in [-0.39, 0.29) is 0 Å². The van der Waals surface area contributed by atoms with Gasteiger partial charge in [-0.25, -0.2) is 0 Å². The van der Waals surface area contributed by atoms with Crippen molar-refractivity contribution in [3.05, 3.63) is 0 Å². The smallest absolute Gasteiger partial charge is 0.0351 e. The van der Waals surface area contributed by atoms with Crippen LogP contribution in [0.1, 0.15) is 6.42 Å². The molecule has 2 heterocycles. The van der Waals surface area contributed by atoms with E-state index in [1.807, 2.05) is 0 Å². The summed E-state index contributed by atoms with van der Waals surface area (Å²) in [5, 5.41) is 3.38. The molecule has 0 aromatic carbocycles. The highest BCUT2D eigenvalue weighted by Crippen LogP contribution is 2.15. The second-order valence-corrected chi connectivity index (χ2v) is 4.15. The third-order valence-electron chi connectivity index (χ3n) is 3.18. The van der Waals surface area contributed by atoms with Gasteiger partial charge in [0.05, 0.1) is 0 Å². The zero-order valence-electron chi connectivity index (χ0n) is 8.71. The molecule has 14 heavy (non-hydrogen) atoms. The number of nitrogens with one attached hydrogen (secondary N) is 1. The molecule has 2 fully saturated rings. The van der Waals surface area contributed by atoms with Crippen LogP contribution in [0.25, 0.3) is 0 Å². The molecule has 78 valence electrons. The van der Waals surface area contributed by atoms with Crippen LogP contribution in [0.3, 0.4) is 0 Å². The number of hydrogen-bond donors (Lipinski definition) is 1. The predicted octanol–water partition coefficient (Wildman–Crippen LogP) is -0.401. The summed E-state index contributed by atoms with van der Waals surface area (Å²) in [6, 6.07) is 0.801. The zero-order valence-corrected chi connectivity index (χ0v) is 8.71. The minimum Gasteiger partial charge on any atom is -0.314 e. The van der Waals surface area contributed by atoms with Crippen molar-refractivity contribution in [3.8, 4) is 12.3 Å². The molecule has 0 amide bonds. The van der Waals surface area contributed by atoms with E-state index in [0.717, 1.165) is 32.1 Å². The van der Waals surface area contributed by atoms with Gasteiger partial charge in [0.25, 0.3) is 0 Å². The highest BCUT2D eigenvalue weighted by atomic mass is 15.3. The number of terminal acetylenes is 1. The van der Waals surface area contributed by atoms with Crippen LogP contribution in [0.4, 0.5) is 0 Å². The Morgan fingerprint density at radius 3 is 2.64 bits per heavy atom. The van der Waals surface area contributed by atoms with Crippen LogP contribution in [-0.4, -0.2) is 61.7 Å². The topological polar surface area (TPSA) is 18.5 Å². The Morgan fingerprint density at radius 2 is 2.00 bits per heavy atom. The number of hydrogen-bond acceptors (Lipinski definition) is 3. The van der Waals surface area contributed by atoms with Crippen molar-refractivity contribution in [2.75, 3.05) is 45.8 Å². The molecule has 0 aromatic heterocycles. The van der Waals surface area contributed by atoms with Crippen molar-refractivity contribution in [2.24, 2.45) is 0 Å². The molecule has 2 saturated heterocycles. The van der Waals surface area contributed by atoms with Gasteiger partial charge in [0.2, 0.25) is 0 Å². The number of likely N-dealkylation sites (tertiary alicyclic amines) is 1. The van der Waals surface area contributed by atoms with Crippen molar-refractivity contribution < 1.29 is 0 Å². The van der Waals surface area contributed by atoms with E-state index in [1.165, 1.54) is 26.2 Å². The molecule has 2 rings (SSSR count). The quantitative estimate of drug-likeness (QED) is 0.615. The maximum absolute atomic E-state index is 5.24. The number of nitrogens with zero attached hydrogens (tertiary/aromatic N) is 2. The van der Waals surface area contributed by atoms with Crippen molar-refractivity contribution in [3.63, 3.8) is 0 Å². The standard InChI is InChI=1S/C11H19N3/c1-2-3-6-13-9-11(10-13)14-7-4-12-5-8-14/h1,11-12H,3-10H2. The van der Waals surface area contributed by atoms with E-state index < -0.39 is 0 Å². The Hall–Kier alpha value is -0.560. The fourth-order valence-corrected chi connectivity index (χ4v) is 2.23. The Labute approximate surface area is 86.4 Å². The van der Waals surface area contributed by atoms with Crippen molar-refractivity contribution in [1.82, 2.24) is 15.1 Å². The summed E-state index contributed by atoms with van der Waals surface area (Å²) in [6.45, 7) is 8.27. The SMILES string of the molecule is C#CCCN1CC(N2CCNCC2)C1. The lowest BCUT2D eigenvalue weighted by Gasteiger charge is -2.46. The summed E-state index contributed by atoms with van der Waals surface area (Å²) in [5.41, 5.74) is 0. The Morgan fingerprint density at radius 1 is 1.29 bits per heavy atom. The van der Waals surface area contributed by atoms with Crippen LogP contribution in [0.5, 0.6) is 0 Å². The summed E-state index contributed by atoms with van der Waals surface area (Å²) in [5.74, 6) is 2.70. The molecule has 0 aliphatic carbocycles. The molecule has 0 saturated carbocycles. The maximum atomic E-state index is 5.24. The Kier molecular flexibility index (Phi) is 3.41. The van der Waals surface area contributed by atoms with Gasteiger partial charge in [-0.1, -0.05) is 0 Å². The third-order valence-corrected chi connectivity index (χ3v) is 3.18. The van der Waals surface area contributed by atoms with Gasteiger partial charge in [-0.15, -0.1) is 12.3 Å². The van der Waals surface area contributed by atoms with E-state index in [4.69, 9.17) is 6.42 Å². The maximum Gasteiger partial charge on any atom is 0.0351 e. The lowest BCUT2D eigenvalue weighted by Crippen LogP contribution is -2.62. The largest absolute Gasteiger partial charge is 0.314 e. The van der Waals surface area contributed by atoms with Crippen LogP contribution in [0, 0.1) is 12.3 Å². The fourth-order valence-electron chi connectivity index (χ4n) is 2.23. The first-order valence-corrected chi connectivity index (χ1v) is 5.51. The van der Waals surface area contributed by atoms with Crippen molar-refractivity contribution in [2.45, 2.75) is 12.5 Å². The molecule has 0 unspecified atom stereocenters. The zero-order chi connectivity index (χ0) is 9.80. The molecule has 0 aromatic rings. The molecule has 2 aliphatic rings. The molecule has 2 aliphatic heterocycles. The van der Waals surface area contributed by atoms with Gasteiger partial charge in [0.1, 0.15) is 0 Å². The van der Waals surface area contributed by atoms with Gasteiger partial charge < -0.3 is 5.32 Å². The van der Waals surface area contributed by atoms with Gasteiger partial charge in [0.15, 0.2) is 0 Å². The molecule has 0 radical (unpaired) electrons.